The average Bonchev–Trinajstić information content (AvgIpc) is 3.35. The van der Waals surface area contributed by atoms with E-state index in [1.807, 2.05) is 12.1 Å². The van der Waals surface area contributed by atoms with Gasteiger partial charge >= 0.3 is 12.0 Å². The highest BCUT2D eigenvalue weighted by molar-refractivity contribution is 7.13. The first-order valence-corrected chi connectivity index (χ1v) is 9.76. The Hall–Kier alpha value is -3.14. The zero-order chi connectivity index (χ0) is 21.0. The first-order chi connectivity index (χ1) is 13.9. The maximum atomic E-state index is 12.2. The molecule has 0 aliphatic carbocycles. The minimum absolute atomic E-state index is 0.0758. The first kappa shape index (κ1) is 20.6. The summed E-state index contributed by atoms with van der Waals surface area (Å²) in [4.78, 5) is 41.4. The maximum absolute atomic E-state index is 12.2. The van der Waals surface area contributed by atoms with Crippen LogP contribution in [0.3, 0.4) is 0 Å². The largest absolute Gasteiger partial charge is 0.493 e. The summed E-state index contributed by atoms with van der Waals surface area (Å²) in [5.41, 5.74) is 1.36. The van der Waals surface area contributed by atoms with E-state index in [1.54, 1.807) is 25.7 Å². The molecule has 0 spiro atoms. The van der Waals surface area contributed by atoms with Crippen LogP contribution < -0.4 is 14.8 Å². The fourth-order valence-corrected chi connectivity index (χ4v) is 3.65. The van der Waals surface area contributed by atoms with Gasteiger partial charge in [0, 0.05) is 24.0 Å². The van der Waals surface area contributed by atoms with Crippen molar-refractivity contribution in [1.82, 2.24) is 15.2 Å². The van der Waals surface area contributed by atoms with Crippen molar-refractivity contribution in [2.24, 2.45) is 0 Å². The summed E-state index contributed by atoms with van der Waals surface area (Å²) in [6, 6.07) is 4.97. The van der Waals surface area contributed by atoms with Crippen molar-refractivity contribution in [2.75, 3.05) is 27.3 Å². The highest BCUT2D eigenvalue weighted by Gasteiger charge is 2.31. The number of nitrogens with one attached hydrogen (secondary N) is 1. The third-order valence-electron chi connectivity index (χ3n) is 4.29. The van der Waals surface area contributed by atoms with Crippen LogP contribution in [0.5, 0.6) is 11.5 Å². The number of carbonyl (C=O) groups excluding carboxylic acids is 3. The lowest BCUT2D eigenvalue weighted by Crippen LogP contribution is -2.42. The molecule has 1 aliphatic heterocycles. The molecule has 0 bridgehead atoms. The van der Waals surface area contributed by atoms with E-state index in [9.17, 15) is 14.4 Å². The predicted molar refractivity (Wildman–Crippen MR) is 105 cm³/mol. The van der Waals surface area contributed by atoms with Gasteiger partial charge in [-0.15, -0.1) is 11.3 Å². The third-order valence-corrected chi connectivity index (χ3v) is 5.23. The lowest BCUT2D eigenvalue weighted by molar-refractivity contribution is -0.156. The monoisotopic (exact) mass is 419 g/mol. The molecule has 1 aromatic carbocycles. The van der Waals surface area contributed by atoms with Crippen LogP contribution in [0.2, 0.25) is 0 Å². The number of ether oxygens (including phenoxy) is 3. The number of hydrogen-bond acceptors (Lipinski definition) is 8. The van der Waals surface area contributed by atoms with Crippen LogP contribution in [-0.2, 0) is 20.7 Å². The van der Waals surface area contributed by atoms with Crippen LogP contribution >= 0.6 is 11.3 Å². The second kappa shape index (κ2) is 8.91. The molecule has 10 heteroatoms. The standard InChI is InChI=1S/C19H21N3O6S/c1-11(18(24)22-7-6-20-19(22)25)28-16(23)9-13-10-29-17(21-13)12-4-5-14(26-2)15(8-12)27-3/h4-5,8,10-11H,6-7,9H2,1-3H3,(H,20,25)/t11-/m1/s1. The van der Waals surface area contributed by atoms with Gasteiger partial charge in [0.25, 0.3) is 5.91 Å². The fourth-order valence-electron chi connectivity index (χ4n) is 2.83. The van der Waals surface area contributed by atoms with Crippen LogP contribution in [0.4, 0.5) is 4.79 Å². The number of imide groups is 1. The van der Waals surface area contributed by atoms with E-state index < -0.39 is 24.0 Å². The van der Waals surface area contributed by atoms with E-state index in [0.717, 1.165) is 10.5 Å². The number of thiazole rings is 1. The Bertz CT molecular complexity index is 928. The smallest absolute Gasteiger partial charge is 0.324 e. The highest BCUT2D eigenvalue weighted by atomic mass is 32.1. The SMILES string of the molecule is COc1ccc(-c2nc(CC(=O)O[C@H](C)C(=O)N3CCNC3=O)cs2)cc1OC. The van der Waals surface area contributed by atoms with Crippen LogP contribution in [0, 0.1) is 0 Å². The molecule has 1 fully saturated rings. The van der Waals surface area contributed by atoms with Gasteiger partial charge < -0.3 is 19.5 Å². The molecule has 29 heavy (non-hydrogen) atoms. The summed E-state index contributed by atoms with van der Waals surface area (Å²) in [5, 5.41) is 5.00. The van der Waals surface area contributed by atoms with Gasteiger partial charge in [-0.3, -0.25) is 14.5 Å². The fraction of sp³-hybridized carbons (Fsp3) is 0.368. The van der Waals surface area contributed by atoms with E-state index in [4.69, 9.17) is 14.2 Å². The number of methoxy groups -OCH3 is 2. The Balaban J connectivity index is 1.61. The number of urea groups is 1. The van der Waals surface area contributed by atoms with Crippen LogP contribution in [0.15, 0.2) is 23.6 Å². The molecule has 0 unspecified atom stereocenters. The number of carbonyl (C=O) groups is 3. The molecule has 9 nitrogen and oxygen atoms in total. The Morgan fingerprint density at radius 1 is 1.28 bits per heavy atom. The first-order valence-electron chi connectivity index (χ1n) is 8.88. The van der Waals surface area contributed by atoms with Crippen molar-refractivity contribution in [1.29, 1.82) is 0 Å². The van der Waals surface area contributed by atoms with Gasteiger partial charge in [-0.05, 0) is 25.1 Å². The molecule has 1 aliphatic rings. The van der Waals surface area contributed by atoms with Crippen LogP contribution in [0.25, 0.3) is 10.6 Å². The predicted octanol–water partition coefficient (Wildman–Crippen LogP) is 1.85. The number of rotatable bonds is 7. The topological polar surface area (TPSA) is 107 Å². The molecule has 1 N–H and O–H groups in total. The normalized spacial score (nSPS) is 14.3. The minimum Gasteiger partial charge on any atom is -0.493 e. The van der Waals surface area contributed by atoms with Crippen molar-refractivity contribution < 1.29 is 28.6 Å². The van der Waals surface area contributed by atoms with Gasteiger partial charge in [-0.2, -0.15) is 0 Å². The molecular weight excluding hydrogens is 398 g/mol. The van der Waals surface area contributed by atoms with E-state index in [2.05, 4.69) is 10.3 Å². The van der Waals surface area contributed by atoms with Crippen molar-refractivity contribution >= 4 is 29.2 Å². The van der Waals surface area contributed by atoms with Crippen LogP contribution in [0.1, 0.15) is 12.6 Å². The Kier molecular flexibility index (Phi) is 6.32. The molecule has 1 saturated heterocycles. The Labute approximate surface area is 171 Å². The zero-order valence-corrected chi connectivity index (χ0v) is 17.1. The van der Waals surface area contributed by atoms with Gasteiger partial charge in [0.05, 0.1) is 26.3 Å². The molecule has 2 aromatic rings. The second-order valence-corrected chi connectivity index (χ2v) is 7.10. The van der Waals surface area contributed by atoms with Gasteiger partial charge in [-0.25, -0.2) is 9.78 Å². The third kappa shape index (κ3) is 4.65. The molecule has 0 saturated carbocycles. The van der Waals surface area contributed by atoms with Gasteiger partial charge in [0.1, 0.15) is 5.01 Å². The number of hydrogen-bond donors (Lipinski definition) is 1. The molecular formula is C19H21N3O6S. The summed E-state index contributed by atoms with van der Waals surface area (Å²) in [5.74, 6) is 0.0636. The van der Waals surface area contributed by atoms with Gasteiger partial charge in [-0.1, -0.05) is 0 Å². The number of benzene rings is 1. The lowest BCUT2D eigenvalue weighted by Gasteiger charge is -2.17. The van der Waals surface area contributed by atoms with Crippen molar-refractivity contribution in [2.45, 2.75) is 19.4 Å². The maximum Gasteiger partial charge on any atom is 0.324 e. The van der Waals surface area contributed by atoms with Gasteiger partial charge in [0.2, 0.25) is 0 Å². The summed E-state index contributed by atoms with van der Waals surface area (Å²) >= 11 is 1.38. The second-order valence-electron chi connectivity index (χ2n) is 6.24. The number of esters is 1. The van der Waals surface area contributed by atoms with E-state index in [1.165, 1.54) is 18.3 Å². The average molecular weight is 419 g/mol. The van der Waals surface area contributed by atoms with Crippen LogP contribution in [-0.4, -0.2) is 61.2 Å². The van der Waals surface area contributed by atoms with Crippen molar-refractivity contribution in [3.8, 4) is 22.1 Å². The van der Waals surface area contributed by atoms with E-state index in [0.29, 0.717) is 28.7 Å². The van der Waals surface area contributed by atoms with Crippen molar-refractivity contribution in [3.63, 3.8) is 0 Å². The molecule has 1 aromatic heterocycles. The minimum atomic E-state index is -1.05. The zero-order valence-electron chi connectivity index (χ0n) is 16.3. The summed E-state index contributed by atoms with van der Waals surface area (Å²) in [6.45, 7) is 2.10. The van der Waals surface area contributed by atoms with Gasteiger partial charge in [0.15, 0.2) is 17.6 Å². The highest BCUT2D eigenvalue weighted by Crippen LogP contribution is 2.33. The number of aromatic nitrogens is 1. The molecule has 1 atom stereocenters. The molecule has 3 rings (SSSR count). The molecule has 154 valence electrons. The van der Waals surface area contributed by atoms with E-state index >= 15 is 0 Å². The Morgan fingerprint density at radius 3 is 2.69 bits per heavy atom. The molecule has 0 radical (unpaired) electrons. The number of amides is 3. The molecule has 3 amide bonds. The Morgan fingerprint density at radius 2 is 2.03 bits per heavy atom. The van der Waals surface area contributed by atoms with Crippen molar-refractivity contribution in [3.05, 3.63) is 29.3 Å². The quantitative estimate of drug-likeness (QED) is 0.683. The van der Waals surface area contributed by atoms with E-state index in [-0.39, 0.29) is 13.0 Å². The lowest BCUT2D eigenvalue weighted by atomic mass is 10.2. The summed E-state index contributed by atoms with van der Waals surface area (Å²) < 4.78 is 15.7. The summed E-state index contributed by atoms with van der Waals surface area (Å²) in [6.07, 6.45) is -1.12. The molecule has 2 heterocycles. The summed E-state index contributed by atoms with van der Waals surface area (Å²) in [7, 11) is 3.12. The number of nitrogens with zero attached hydrogens (tertiary/aromatic N) is 2.